The Morgan fingerprint density at radius 3 is 2.93 bits per heavy atom. The van der Waals surface area contributed by atoms with Gasteiger partial charge in [-0.1, -0.05) is 38.8 Å². The summed E-state index contributed by atoms with van der Waals surface area (Å²) in [6.45, 7) is 8.61. The van der Waals surface area contributed by atoms with Crippen LogP contribution in [0.2, 0.25) is 5.02 Å². The first-order valence-corrected chi connectivity index (χ1v) is 10.8. The van der Waals surface area contributed by atoms with E-state index in [9.17, 15) is 5.26 Å². The Bertz CT molecular complexity index is 1030. The smallest absolute Gasteiger partial charge is 0.207 e. The number of fused-ring (bicyclic) bond motifs is 1. The molecule has 0 radical (unpaired) electrons. The van der Waals surface area contributed by atoms with Gasteiger partial charge in [-0.15, -0.1) is 11.3 Å². The number of unbranched alkanes of at least 4 members (excludes halogenated alkanes) is 1. The van der Waals surface area contributed by atoms with E-state index in [0.29, 0.717) is 29.5 Å². The predicted octanol–water partition coefficient (Wildman–Crippen LogP) is 4.65. The van der Waals surface area contributed by atoms with E-state index in [1.54, 1.807) is 36.6 Å². The van der Waals surface area contributed by atoms with E-state index in [1.165, 1.54) is 4.88 Å². The van der Waals surface area contributed by atoms with Gasteiger partial charge in [0.2, 0.25) is 6.19 Å². The Balaban J connectivity index is 2.22. The van der Waals surface area contributed by atoms with Gasteiger partial charge < -0.3 is 14.0 Å². The summed E-state index contributed by atoms with van der Waals surface area (Å²) in [5.41, 5.74) is 1.67. The zero-order chi connectivity index (χ0) is 21.0. The molecule has 0 spiro atoms. The Kier molecular flexibility index (Phi) is 6.78. The first kappa shape index (κ1) is 21.6. The van der Waals surface area contributed by atoms with Gasteiger partial charge in [-0.25, -0.2) is 0 Å². The number of amidine groups is 1. The monoisotopic (exact) mass is 432 g/mol. The van der Waals surface area contributed by atoms with Crippen molar-refractivity contribution in [2.24, 2.45) is 9.98 Å². The quantitative estimate of drug-likeness (QED) is 0.392. The van der Waals surface area contributed by atoms with Crippen LogP contribution in [-0.4, -0.2) is 24.1 Å². The maximum absolute atomic E-state index is 9.27. The lowest BCUT2D eigenvalue weighted by Crippen LogP contribution is -2.30. The number of aromatic nitrogens is 1. The van der Waals surface area contributed by atoms with E-state index in [-0.39, 0.29) is 11.3 Å². The average Bonchev–Trinajstić information content (AvgIpc) is 3.04. The zero-order valence-corrected chi connectivity index (χ0v) is 18.7. The number of aliphatic imine (C=N–C) groups is 1. The maximum atomic E-state index is 9.27. The highest BCUT2D eigenvalue weighted by Crippen LogP contribution is 2.34. The van der Waals surface area contributed by atoms with Gasteiger partial charge in [-0.05, 0) is 24.6 Å². The molecule has 1 aromatic carbocycles. The molecule has 0 aliphatic carbocycles. The van der Waals surface area contributed by atoms with Crippen molar-refractivity contribution in [2.45, 2.75) is 52.2 Å². The molecule has 3 rings (SSSR count). The summed E-state index contributed by atoms with van der Waals surface area (Å²) in [4.78, 5) is 10.9. The molecule has 154 valence electrons. The summed E-state index contributed by atoms with van der Waals surface area (Å²) in [5.74, 6) is 0.853. The van der Waals surface area contributed by atoms with Crippen LogP contribution in [-0.2, 0) is 23.3 Å². The largest absolute Gasteiger partial charge is 0.496 e. The van der Waals surface area contributed by atoms with Crippen LogP contribution in [0.15, 0.2) is 28.2 Å². The molecule has 2 aromatic rings. The third-order valence-corrected chi connectivity index (χ3v) is 6.55. The molecule has 0 saturated carbocycles. The topological polar surface area (TPSA) is 71.9 Å². The van der Waals surface area contributed by atoms with E-state index in [4.69, 9.17) is 26.1 Å². The standard InChI is InChI=1S/C21H25ClN4O2S/c1-5-6-9-26-16-11-28-12-21(2,3)18(16)29-20(26)25-19(24-13-23)15-10-14(22)7-8-17(15)27-4/h7-8,10H,5-6,9,11-12H2,1-4H3. The van der Waals surface area contributed by atoms with E-state index in [1.807, 2.05) is 6.19 Å². The third-order valence-electron chi connectivity index (χ3n) is 4.82. The van der Waals surface area contributed by atoms with Crippen molar-refractivity contribution < 1.29 is 9.47 Å². The van der Waals surface area contributed by atoms with Gasteiger partial charge >= 0.3 is 0 Å². The van der Waals surface area contributed by atoms with Gasteiger partial charge in [-0.3, -0.25) is 0 Å². The minimum Gasteiger partial charge on any atom is -0.496 e. The molecule has 1 aliphatic rings. The lowest BCUT2D eigenvalue weighted by molar-refractivity contribution is 0.0607. The number of benzene rings is 1. The van der Waals surface area contributed by atoms with Crippen molar-refractivity contribution in [3.63, 3.8) is 0 Å². The number of hydrogen-bond acceptors (Lipinski definition) is 5. The molecule has 0 amide bonds. The normalized spacial score (nSPS) is 16.4. The highest BCUT2D eigenvalue weighted by atomic mass is 35.5. The molecule has 2 heterocycles. The lowest BCUT2D eigenvalue weighted by atomic mass is 9.90. The molecule has 1 aliphatic heterocycles. The molecule has 29 heavy (non-hydrogen) atoms. The van der Waals surface area contributed by atoms with E-state index in [2.05, 4.69) is 30.3 Å². The Morgan fingerprint density at radius 1 is 1.45 bits per heavy atom. The van der Waals surface area contributed by atoms with Crippen molar-refractivity contribution in [2.75, 3.05) is 13.7 Å². The van der Waals surface area contributed by atoms with Crippen molar-refractivity contribution in [3.8, 4) is 11.9 Å². The summed E-state index contributed by atoms with van der Waals surface area (Å²) >= 11 is 7.82. The van der Waals surface area contributed by atoms with Crippen LogP contribution in [0.4, 0.5) is 0 Å². The van der Waals surface area contributed by atoms with Crippen molar-refractivity contribution in [3.05, 3.63) is 44.2 Å². The second-order valence-corrected chi connectivity index (χ2v) is 8.95. The molecule has 0 N–H and O–H groups in total. The van der Waals surface area contributed by atoms with Crippen molar-refractivity contribution in [1.29, 1.82) is 5.26 Å². The molecular weight excluding hydrogens is 408 g/mol. The summed E-state index contributed by atoms with van der Waals surface area (Å²) in [6, 6.07) is 5.21. The number of rotatable bonds is 5. The number of nitrogens with zero attached hydrogens (tertiary/aromatic N) is 4. The van der Waals surface area contributed by atoms with E-state index in [0.717, 1.165) is 29.9 Å². The molecule has 0 bridgehead atoms. The first-order chi connectivity index (χ1) is 13.9. The molecule has 8 heteroatoms. The maximum Gasteiger partial charge on any atom is 0.207 e. The lowest BCUT2D eigenvalue weighted by Gasteiger charge is -2.29. The van der Waals surface area contributed by atoms with Crippen molar-refractivity contribution >= 4 is 28.8 Å². The fourth-order valence-corrected chi connectivity index (χ4v) is 4.77. The molecular formula is C21H25ClN4O2S. The summed E-state index contributed by atoms with van der Waals surface area (Å²) in [5, 5.41) is 9.80. The molecule has 0 fully saturated rings. The van der Waals surface area contributed by atoms with Gasteiger partial charge in [0.1, 0.15) is 5.75 Å². The van der Waals surface area contributed by atoms with Crippen LogP contribution in [0, 0.1) is 11.5 Å². The number of nitriles is 1. The second-order valence-electron chi connectivity index (χ2n) is 7.53. The average molecular weight is 433 g/mol. The number of hydrogen-bond donors (Lipinski definition) is 0. The zero-order valence-electron chi connectivity index (χ0n) is 17.2. The Morgan fingerprint density at radius 2 is 2.24 bits per heavy atom. The minimum absolute atomic E-state index is 0.0831. The Labute approximate surface area is 180 Å². The number of halogens is 1. The highest BCUT2D eigenvalue weighted by molar-refractivity contribution is 7.09. The molecule has 0 saturated heterocycles. The number of thiazole rings is 1. The molecule has 6 nitrogen and oxygen atoms in total. The van der Waals surface area contributed by atoms with Crippen LogP contribution < -0.4 is 9.54 Å². The van der Waals surface area contributed by atoms with Gasteiger partial charge in [0.25, 0.3) is 0 Å². The summed E-state index contributed by atoms with van der Waals surface area (Å²) in [6.07, 6.45) is 3.97. The Hall–Kier alpha value is -2.14. The first-order valence-electron chi connectivity index (χ1n) is 9.57. The summed E-state index contributed by atoms with van der Waals surface area (Å²) < 4.78 is 13.5. The van der Waals surface area contributed by atoms with Crippen LogP contribution in [0.25, 0.3) is 0 Å². The van der Waals surface area contributed by atoms with Crippen LogP contribution in [0.1, 0.15) is 49.7 Å². The van der Waals surface area contributed by atoms with Gasteiger partial charge in [-0.2, -0.15) is 15.2 Å². The highest BCUT2D eigenvalue weighted by Gasteiger charge is 2.32. The van der Waals surface area contributed by atoms with E-state index >= 15 is 0 Å². The number of ether oxygens (including phenoxy) is 2. The fourth-order valence-electron chi connectivity index (χ4n) is 3.35. The van der Waals surface area contributed by atoms with Crippen molar-refractivity contribution in [1.82, 2.24) is 4.57 Å². The minimum atomic E-state index is -0.0831. The van der Waals surface area contributed by atoms with Gasteiger partial charge in [0, 0.05) is 21.9 Å². The van der Waals surface area contributed by atoms with Crippen LogP contribution in [0.5, 0.6) is 5.75 Å². The molecule has 0 atom stereocenters. The predicted molar refractivity (Wildman–Crippen MR) is 116 cm³/mol. The van der Waals surface area contributed by atoms with Crippen LogP contribution >= 0.6 is 22.9 Å². The SMILES string of the molecule is CCCCn1c2c(sc1=NC(=NC#N)c1cc(Cl)ccc1OC)C(C)(C)COC2. The molecule has 0 unspecified atom stereocenters. The number of methoxy groups -OCH3 is 1. The van der Waals surface area contributed by atoms with E-state index < -0.39 is 0 Å². The van der Waals surface area contributed by atoms with Gasteiger partial charge in [0.05, 0.1) is 31.6 Å². The van der Waals surface area contributed by atoms with Gasteiger partial charge in [0.15, 0.2) is 10.6 Å². The second kappa shape index (κ2) is 9.12. The van der Waals surface area contributed by atoms with Crippen LogP contribution in [0.3, 0.4) is 0 Å². The fraction of sp³-hybridized carbons (Fsp3) is 0.476. The third kappa shape index (κ3) is 4.55. The molecule has 1 aromatic heterocycles. The summed E-state index contributed by atoms with van der Waals surface area (Å²) in [7, 11) is 1.57.